The summed E-state index contributed by atoms with van der Waals surface area (Å²) in [7, 11) is 0. The number of nitrogen functional groups attached to an aromatic ring is 1. The predicted octanol–water partition coefficient (Wildman–Crippen LogP) is 4.13. The zero-order chi connectivity index (χ0) is 19.6. The third-order valence-corrected chi connectivity index (χ3v) is 5.05. The van der Waals surface area contributed by atoms with Gasteiger partial charge in [0.15, 0.2) is 11.6 Å². The molecule has 0 bridgehead atoms. The van der Waals surface area contributed by atoms with Crippen LogP contribution in [0.3, 0.4) is 0 Å². The topological polar surface area (TPSA) is 100 Å². The molecule has 0 atom stereocenters. The van der Waals surface area contributed by atoms with E-state index in [1.54, 1.807) is 24.4 Å². The first kappa shape index (κ1) is 16.6. The first-order valence-electron chi connectivity index (χ1n) is 8.17. The highest BCUT2D eigenvalue weighted by Gasteiger charge is 2.21. The Labute approximate surface area is 160 Å². The Morgan fingerprint density at radius 1 is 1.11 bits per heavy atom. The van der Waals surface area contributed by atoms with E-state index in [4.69, 9.17) is 17.3 Å². The standard InChI is InChI=1S/C19H10ClF2N5O/c20-11-4-9-13(8-5-12(21)14(22)18-10(8)6-25-27-18)15(23)19(28)26-16(9)7-2-1-3-24-17(7)11/h1-6H,23H2,(H,25,27)(H,26,28). The average Bonchev–Trinajstić information content (AvgIpc) is 3.18. The van der Waals surface area contributed by atoms with Crippen molar-refractivity contribution in [1.82, 2.24) is 20.2 Å². The highest BCUT2D eigenvalue weighted by Crippen LogP contribution is 2.40. The lowest BCUT2D eigenvalue weighted by Gasteiger charge is -2.14. The van der Waals surface area contributed by atoms with Gasteiger partial charge in [0, 0.05) is 27.9 Å². The molecule has 0 unspecified atom stereocenters. The number of H-pyrrole nitrogens is 2. The van der Waals surface area contributed by atoms with Crippen LogP contribution in [0.25, 0.3) is 43.8 Å². The van der Waals surface area contributed by atoms with Crippen molar-refractivity contribution in [2.24, 2.45) is 0 Å². The Kier molecular flexibility index (Phi) is 3.41. The molecule has 0 radical (unpaired) electrons. The second-order valence-electron chi connectivity index (χ2n) is 6.30. The number of nitrogens with one attached hydrogen (secondary N) is 2. The highest BCUT2D eigenvalue weighted by molar-refractivity contribution is 6.37. The van der Waals surface area contributed by atoms with E-state index in [1.807, 2.05) is 0 Å². The van der Waals surface area contributed by atoms with Gasteiger partial charge in [-0.15, -0.1) is 0 Å². The molecule has 0 saturated heterocycles. The number of aromatic amines is 2. The van der Waals surface area contributed by atoms with Gasteiger partial charge in [-0.1, -0.05) is 11.6 Å². The van der Waals surface area contributed by atoms with Gasteiger partial charge in [-0.25, -0.2) is 8.78 Å². The molecule has 4 N–H and O–H groups in total. The maximum absolute atomic E-state index is 14.3. The second kappa shape index (κ2) is 5.74. The van der Waals surface area contributed by atoms with E-state index in [1.165, 1.54) is 6.20 Å². The first-order chi connectivity index (χ1) is 13.5. The molecule has 3 heterocycles. The number of aromatic nitrogens is 4. The van der Waals surface area contributed by atoms with Crippen LogP contribution in [-0.2, 0) is 0 Å². The van der Waals surface area contributed by atoms with E-state index in [2.05, 4.69) is 20.2 Å². The number of rotatable bonds is 1. The van der Waals surface area contributed by atoms with Crippen molar-refractivity contribution in [3.05, 3.63) is 63.7 Å². The molecule has 138 valence electrons. The summed E-state index contributed by atoms with van der Waals surface area (Å²) in [5.74, 6) is -2.15. The Morgan fingerprint density at radius 3 is 2.75 bits per heavy atom. The molecule has 9 heteroatoms. The normalized spacial score (nSPS) is 11.7. The van der Waals surface area contributed by atoms with Crippen LogP contribution >= 0.6 is 11.6 Å². The zero-order valence-electron chi connectivity index (χ0n) is 14.0. The summed E-state index contributed by atoms with van der Waals surface area (Å²) in [6.07, 6.45) is 2.94. The number of anilines is 1. The monoisotopic (exact) mass is 397 g/mol. The van der Waals surface area contributed by atoms with Crippen LogP contribution in [0.5, 0.6) is 0 Å². The summed E-state index contributed by atoms with van der Waals surface area (Å²) >= 11 is 6.39. The average molecular weight is 398 g/mol. The molecule has 0 spiro atoms. The number of pyridine rings is 2. The van der Waals surface area contributed by atoms with Crippen molar-refractivity contribution >= 4 is 50.0 Å². The molecule has 28 heavy (non-hydrogen) atoms. The molecular formula is C19H10ClF2N5O. The van der Waals surface area contributed by atoms with Crippen molar-refractivity contribution in [2.45, 2.75) is 0 Å². The number of nitrogens with two attached hydrogens (primary N) is 1. The van der Waals surface area contributed by atoms with E-state index in [0.29, 0.717) is 32.2 Å². The largest absolute Gasteiger partial charge is 0.394 e. The van der Waals surface area contributed by atoms with Crippen LogP contribution in [0.15, 0.2) is 41.5 Å². The maximum atomic E-state index is 14.3. The summed E-state index contributed by atoms with van der Waals surface area (Å²) in [4.78, 5) is 19.5. The van der Waals surface area contributed by atoms with E-state index in [-0.39, 0.29) is 22.3 Å². The van der Waals surface area contributed by atoms with Crippen LogP contribution in [0.1, 0.15) is 0 Å². The number of hydrogen-bond acceptors (Lipinski definition) is 4. The summed E-state index contributed by atoms with van der Waals surface area (Å²) in [6, 6.07) is 6.06. The number of fused-ring (bicyclic) bond motifs is 4. The van der Waals surface area contributed by atoms with Gasteiger partial charge < -0.3 is 10.7 Å². The molecule has 0 aliphatic heterocycles. The van der Waals surface area contributed by atoms with E-state index in [0.717, 1.165) is 6.07 Å². The number of nitrogens with zero attached hydrogens (tertiary/aromatic N) is 2. The molecule has 0 aliphatic rings. The molecule has 6 nitrogen and oxygen atoms in total. The van der Waals surface area contributed by atoms with Crippen molar-refractivity contribution in [3.8, 4) is 11.1 Å². The molecule has 0 aliphatic carbocycles. The molecule has 5 aromatic rings. The van der Waals surface area contributed by atoms with Crippen molar-refractivity contribution in [2.75, 3.05) is 5.73 Å². The Morgan fingerprint density at radius 2 is 1.93 bits per heavy atom. The van der Waals surface area contributed by atoms with Gasteiger partial charge in [0.2, 0.25) is 0 Å². The molecule has 2 aromatic carbocycles. The molecule has 5 rings (SSSR count). The van der Waals surface area contributed by atoms with Gasteiger partial charge in [-0.3, -0.25) is 14.9 Å². The Hall–Kier alpha value is -3.52. The lowest BCUT2D eigenvalue weighted by atomic mass is 9.95. The minimum Gasteiger partial charge on any atom is -0.394 e. The maximum Gasteiger partial charge on any atom is 0.272 e. The van der Waals surface area contributed by atoms with Crippen molar-refractivity contribution in [1.29, 1.82) is 0 Å². The van der Waals surface area contributed by atoms with Gasteiger partial charge in [-0.05, 0) is 29.8 Å². The predicted molar refractivity (Wildman–Crippen MR) is 104 cm³/mol. The molecule has 0 fully saturated rings. The fraction of sp³-hybridized carbons (Fsp3) is 0. The van der Waals surface area contributed by atoms with Crippen LogP contribution in [0.4, 0.5) is 14.5 Å². The van der Waals surface area contributed by atoms with E-state index >= 15 is 0 Å². The molecular weight excluding hydrogens is 388 g/mol. The molecule has 3 aromatic heterocycles. The lowest BCUT2D eigenvalue weighted by Crippen LogP contribution is -2.14. The fourth-order valence-electron chi connectivity index (χ4n) is 3.52. The minimum atomic E-state index is -1.09. The summed E-state index contributed by atoms with van der Waals surface area (Å²) in [5, 5.41) is 7.94. The quantitative estimate of drug-likeness (QED) is 0.370. The number of benzene rings is 2. The fourth-order valence-corrected chi connectivity index (χ4v) is 3.78. The Balaban J connectivity index is 2.04. The van der Waals surface area contributed by atoms with Crippen LogP contribution < -0.4 is 11.3 Å². The summed E-state index contributed by atoms with van der Waals surface area (Å²) in [6.45, 7) is 0. The number of halogens is 3. The smallest absolute Gasteiger partial charge is 0.272 e. The van der Waals surface area contributed by atoms with Crippen molar-refractivity contribution < 1.29 is 8.78 Å². The van der Waals surface area contributed by atoms with Crippen LogP contribution in [0.2, 0.25) is 5.02 Å². The SMILES string of the molecule is Nc1c(-c2cc(F)c(F)c3[nH]ncc23)c2cc(Cl)c3ncccc3c2[nH]c1=O. The summed E-state index contributed by atoms with van der Waals surface area (Å²) in [5.41, 5.74) is 6.69. The van der Waals surface area contributed by atoms with Gasteiger partial charge in [-0.2, -0.15) is 5.10 Å². The molecule has 0 amide bonds. The highest BCUT2D eigenvalue weighted by atomic mass is 35.5. The van der Waals surface area contributed by atoms with Gasteiger partial charge >= 0.3 is 0 Å². The zero-order valence-corrected chi connectivity index (χ0v) is 14.7. The van der Waals surface area contributed by atoms with Gasteiger partial charge in [0.05, 0.1) is 22.3 Å². The van der Waals surface area contributed by atoms with E-state index in [9.17, 15) is 13.6 Å². The van der Waals surface area contributed by atoms with E-state index < -0.39 is 17.2 Å². The third kappa shape index (κ3) is 2.15. The lowest BCUT2D eigenvalue weighted by molar-refractivity contribution is 0.515. The van der Waals surface area contributed by atoms with Crippen LogP contribution in [-0.4, -0.2) is 20.2 Å². The summed E-state index contributed by atoms with van der Waals surface area (Å²) < 4.78 is 28.4. The Bertz CT molecular complexity index is 1490. The minimum absolute atomic E-state index is 0.114. The second-order valence-corrected chi connectivity index (χ2v) is 6.71. The van der Waals surface area contributed by atoms with Crippen LogP contribution in [0, 0.1) is 11.6 Å². The number of hydrogen-bond donors (Lipinski definition) is 3. The third-order valence-electron chi connectivity index (χ3n) is 4.76. The molecule has 0 saturated carbocycles. The first-order valence-corrected chi connectivity index (χ1v) is 8.55. The van der Waals surface area contributed by atoms with Gasteiger partial charge in [0.25, 0.3) is 5.56 Å². The van der Waals surface area contributed by atoms with Gasteiger partial charge in [0.1, 0.15) is 11.2 Å². The van der Waals surface area contributed by atoms with Crippen molar-refractivity contribution in [3.63, 3.8) is 0 Å².